The molecule has 0 saturated carbocycles. The van der Waals surface area contributed by atoms with Gasteiger partial charge < -0.3 is 0 Å². The number of alkyl halides is 6. The summed E-state index contributed by atoms with van der Waals surface area (Å²) in [6.45, 7) is 0. The lowest BCUT2D eigenvalue weighted by Gasteiger charge is -2.14. The van der Waals surface area contributed by atoms with Crippen LogP contribution in [-0.2, 0) is 18.8 Å². The number of halogens is 6. The number of para-hydroxylation sites is 1. The van der Waals surface area contributed by atoms with Crippen molar-refractivity contribution in [2.45, 2.75) is 18.8 Å². The normalized spacial score (nSPS) is 12.3. The van der Waals surface area contributed by atoms with Crippen LogP contribution in [0.5, 0.6) is 0 Å². The third kappa shape index (κ3) is 4.55. The van der Waals surface area contributed by atoms with E-state index in [-0.39, 0.29) is 6.42 Å². The molecule has 0 unspecified atom stereocenters. The smallest absolute Gasteiger partial charge is 0.252 e. The fourth-order valence-corrected chi connectivity index (χ4v) is 3.43. The van der Waals surface area contributed by atoms with E-state index in [4.69, 9.17) is 0 Å². The fourth-order valence-electron chi connectivity index (χ4n) is 3.43. The zero-order valence-electron chi connectivity index (χ0n) is 15.9. The van der Waals surface area contributed by atoms with Crippen molar-refractivity contribution in [2.24, 2.45) is 0 Å². The van der Waals surface area contributed by atoms with Gasteiger partial charge in [0, 0.05) is 17.4 Å². The van der Waals surface area contributed by atoms with Gasteiger partial charge in [0.25, 0.3) is 0 Å². The van der Waals surface area contributed by atoms with E-state index >= 15 is 0 Å². The molecule has 0 aliphatic heterocycles. The second-order valence-corrected chi connectivity index (χ2v) is 7.13. The summed E-state index contributed by atoms with van der Waals surface area (Å²) < 4.78 is 78.0. The van der Waals surface area contributed by atoms with Crippen LogP contribution in [0.15, 0.2) is 78.9 Å². The first-order chi connectivity index (χ1) is 14.6. The van der Waals surface area contributed by atoms with Gasteiger partial charge in [0.05, 0.1) is 22.3 Å². The molecule has 0 amide bonds. The lowest BCUT2D eigenvalue weighted by atomic mass is 9.96. The average Bonchev–Trinajstić information content (AvgIpc) is 2.72. The topological polar surface area (TPSA) is 12.9 Å². The first kappa shape index (κ1) is 20.9. The molecule has 0 bridgehead atoms. The molecule has 1 aromatic heterocycles. The molecule has 1 nitrogen and oxygen atoms in total. The number of pyridine rings is 1. The van der Waals surface area contributed by atoms with Crippen molar-refractivity contribution in [1.82, 2.24) is 4.98 Å². The van der Waals surface area contributed by atoms with Gasteiger partial charge in [-0.1, -0.05) is 48.5 Å². The van der Waals surface area contributed by atoms with Crippen LogP contribution in [0.25, 0.3) is 22.0 Å². The molecule has 31 heavy (non-hydrogen) atoms. The number of hydrogen-bond donors (Lipinski definition) is 0. The Morgan fingerprint density at radius 3 is 2.00 bits per heavy atom. The van der Waals surface area contributed by atoms with Crippen LogP contribution in [0.3, 0.4) is 0 Å². The molecule has 0 atom stereocenters. The Morgan fingerprint density at radius 1 is 0.645 bits per heavy atom. The molecule has 4 rings (SSSR count). The van der Waals surface area contributed by atoms with Crippen LogP contribution >= 0.6 is 0 Å². The SMILES string of the molecule is FC(F)(F)c1ccc(-c2cc3ccccc3nc2Cc2cccc(C(F)(F)F)c2)cc1. The highest BCUT2D eigenvalue weighted by Gasteiger charge is 2.31. The van der Waals surface area contributed by atoms with E-state index in [1.165, 1.54) is 18.2 Å². The summed E-state index contributed by atoms with van der Waals surface area (Å²) in [6, 6.07) is 18.6. The summed E-state index contributed by atoms with van der Waals surface area (Å²) in [7, 11) is 0. The summed E-state index contributed by atoms with van der Waals surface area (Å²) in [5, 5.41) is 0.783. The maximum absolute atomic E-state index is 13.1. The van der Waals surface area contributed by atoms with Crippen molar-refractivity contribution in [3.05, 3.63) is 101 Å². The number of benzene rings is 3. The highest BCUT2D eigenvalue weighted by molar-refractivity contribution is 5.85. The van der Waals surface area contributed by atoms with Crippen molar-refractivity contribution >= 4 is 10.9 Å². The maximum atomic E-state index is 13.1. The average molecular weight is 431 g/mol. The van der Waals surface area contributed by atoms with Crippen LogP contribution in [0.4, 0.5) is 26.3 Å². The molecular weight excluding hydrogens is 416 g/mol. The quantitative estimate of drug-likeness (QED) is 0.306. The Morgan fingerprint density at radius 2 is 1.32 bits per heavy atom. The molecule has 1 heterocycles. The number of aromatic nitrogens is 1. The van der Waals surface area contributed by atoms with Crippen molar-refractivity contribution < 1.29 is 26.3 Å². The Kier molecular flexibility index (Phi) is 5.21. The third-order valence-corrected chi connectivity index (χ3v) is 4.95. The summed E-state index contributed by atoms with van der Waals surface area (Å²) in [5.41, 5.74) is 1.09. The fraction of sp³-hybridized carbons (Fsp3) is 0.125. The minimum atomic E-state index is -4.47. The predicted molar refractivity (Wildman–Crippen MR) is 106 cm³/mol. The summed E-state index contributed by atoms with van der Waals surface area (Å²) >= 11 is 0. The highest BCUT2D eigenvalue weighted by atomic mass is 19.4. The summed E-state index contributed by atoms with van der Waals surface area (Å²) in [4.78, 5) is 4.61. The molecule has 4 aromatic rings. The Bertz CT molecular complexity index is 1220. The van der Waals surface area contributed by atoms with Gasteiger partial charge >= 0.3 is 12.4 Å². The molecule has 3 aromatic carbocycles. The second-order valence-electron chi connectivity index (χ2n) is 7.13. The van der Waals surface area contributed by atoms with Gasteiger partial charge in [0.1, 0.15) is 0 Å². The van der Waals surface area contributed by atoms with E-state index in [2.05, 4.69) is 4.98 Å². The summed E-state index contributed by atoms with van der Waals surface area (Å²) in [6.07, 6.45) is -8.82. The van der Waals surface area contributed by atoms with Gasteiger partial charge in [-0.3, -0.25) is 4.98 Å². The monoisotopic (exact) mass is 431 g/mol. The molecule has 0 spiro atoms. The standard InChI is InChI=1S/C24H15F6N/c25-23(26,27)18-10-8-16(9-11-18)20-14-17-5-1-2-7-21(17)31-22(20)13-15-4-3-6-19(12-15)24(28,29)30/h1-12,14H,13H2. The Hall–Kier alpha value is -3.35. The minimum absolute atomic E-state index is 0.102. The number of fused-ring (bicyclic) bond motifs is 1. The number of nitrogens with zero attached hydrogens (tertiary/aromatic N) is 1. The molecule has 7 heteroatoms. The molecule has 158 valence electrons. The highest BCUT2D eigenvalue weighted by Crippen LogP contribution is 2.34. The largest absolute Gasteiger partial charge is 0.416 e. The number of hydrogen-bond acceptors (Lipinski definition) is 1. The molecule has 0 aliphatic carbocycles. The van der Waals surface area contributed by atoms with E-state index in [1.54, 1.807) is 24.3 Å². The van der Waals surface area contributed by atoms with Crippen molar-refractivity contribution in [2.75, 3.05) is 0 Å². The number of rotatable bonds is 3. The van der Waals surface area contributed by atoms with Gasteiger partial charge in [-0.2, -0.15) is 26.3 Å². The van der Waals surface area contributed by atoms with Crippen LogP contribution in [-0.4, -0.2) is 4.98 Å². The van der Waals surface area contributed by atoms with Crippen molar-refractivity contribution in [1.29, 1.82) is 0 Å². The van der Waals surface area contributed by atoms with Gasteiger partial charge in [-0.05, 0) is 41.5 Å². The minimum Gasteiger partial charge on any atom is -0.252 e. The van der Waals surface area contributed by atoms with Gasteiger partial charge in [0.15, 0.2) is 0 Å². The van der Waals surface area contributed by atoms with E-state index in [9.17, 15) is 26.3 Å². The lowest BCUT2D eigenvalue weighted by molar-refractivity contribution is -0.138. The van der Waals surface area contributed by atoms with Crippen LogP contribution in [0.1, 0.15) is 22.4 Å². The zero-order chi connectivity index (χ0) is 22.2. The molecule has 0 radical (unpaired) electrons. The Balaban J connectivity index is 1.81. The van der Waals surface area contributed by atoms with Crippen molar-refractivity contribution in [3.8, 4) is 11.1 Å². The van der Waals surface area contributed by atoms with Crippen LogP contribution in [0, 0.1) is 0 Å². The van der Waals surface area contributed by atoms with Gasteiger partial charge in [0.2, 0.25) is 0 Å². The maximum Gasteiger partial charge on any atom is 0.416 e. The zero-order valence-corrected chi connectivity index (χ0v) is 15.9. The Labute approximate surface area is 174 Å². The lowest BCUT2D eigenvalue weighted by Crippen LogP contribution is -2.06. The first-order valence-electron chi connectivity index (χ1n) is 9.34. The van der Waals surface area contributed by atoms with E-state index < -0.39 is 23.5 Å². The molecule has 0 fully saturated rings. The van der Waals surface area contributed by atoms with Crippen LogP contribution < -0.4 is 0 Å². The van der Waals surface area contributed by atoms with E-state index in [0.717, 1.165) is 29.7 Å². The third-order valence-electron chi connectivity index (χ3n) is 4.95. The molecule has 0 saturated heterocycles. The molecule has 0 aliphatic rings. The summed E-state index contributed by atoms with van der Waals surface area (Å²) in [5.74, 6) is 0. The predicted octanol–water partition coefficient (Wildman–Crippen LogP) is 7.53. The second kappa shape index (κ2) is 7.72. The van der Waals surface area contributed by atoms with Gasteiger partial charge in [-0.15, -0.1) is 0 Å². The molecular formula is C24H15F6N. The van der Waals surface area contributed by atoms with Crippen LogP contribution in [0.2, 0.25) is 0 Å². The molecule has 0 N–H and O–H groups in total. The van der Waals surface area contributed by atoms with Gasteiger partial charge in [-0.25, -0.2) is 0 Å². The first-order valence-corrected chi connectivity index (χ1v) is 9.34. The van der Waals surface area contributed by atoms with E-state index in [0.29, 0.717) is 27.9 Å². The van der Waals surface area contributed by atoms with E-state index in [1.807, 2.05) is 12.1 Å². The van der Waals surface area contributed by atoms with Crippen molar-refractivity contribution in [3.63, 3.8) is 0 Å².